The molecule has 1 aromatic carbocycles. The van der Waals surface area contributed by atoms with Gasteiger partial charge in [0, 0.05) is 12.7 Å². The fraction of sp³-hybridized carbons (Fsp3) is 0.222. The van der Waals surface area contributed by atoms with Crippen LogP contribution in [0.3, 0.4) is 0 Å². The van der Waals surface area contributed by atoms with Crippen LogP contribution >= 0.6 is 0 Å². The van der Waals surface area contributed by atoms with E-state index < -0.39 is 13.1 Å². The van der Waals surface area contributed by atoms with E-state index in [1.807, 2.05) is 0 Å². The van der Waals surface area contributed by atoms with E-state index in [2.05, 4.69) is 5.32 Å². The standard InChI is InChI=1S/C9H12BNO4/c1-5-7(9(12)13)3-6(11-2)4-8(5)10(14)15/h3-4,11,14-15H,1-2H3,(H,12,13). The number of anilines is 1. The summed E-state index contributed by atoms with van der Waals surface area (Å²) in [5.41, 5.74) is 1.14. The Morgan fingerprint density at radius 1 is 1.40 bits per heavy atom. The molecule has 0 aromatic heterocycles. The van der Waals surface area contributed by atoms with E-state index in [0.717, 1.165) is 0 Å². The van der Waals surface area contributed by atoms with Gasteiger partial charge in [-0.3, -0.25) is 0 Å². The van der Waals surface area contributed by atoms with Crippen molar-refractivity contribution in [2.45, 2.75) is 6.92 Å². The summed E-state index contributed by atoms with van der Waals surface area (Å²) in [6.45, 7) is 1.54. The van der Waals surface area contributed by atoms with E-state index in [9.17, 15) is 4.79 Å². The van der Waals surface area contributed by atoms with E-state index in [1.54, 1.807) is 7.05 Å². The molecule has 6 heteroatoms. The molecule has 5 nitrogen and oxygen atoms in total. The maximum atomic E-state index is 10.9. The van der Waals surface area contributed by atoms with Crippen molar-refractivity contribution < 1.29 is 19.9 Å². The number of hydrogen-bond acceptors (Lipinski definition) is 4. The molecule has 0 spiro atoms. The fourth-order valence-electron chi connectivity index (χ4n) is 1.37. The topological polar surface area (TPSA) is 89.8 Å². The van der Waals surface area contributed by atoms with Gasteiger partial charge >= 0.3 is 13.1 Å². The molecule has 0 amide bonds. The summed E-state index contributed by atoms with van der Waals surface area (Å²) in [5.74, 6) is -1.09. The second kappa shape index (κ2) is 4.33. The lowest BCUT2D eigenvalue weighted by molar-refractivity contribution is 0.0696. The first kappa shape index (κ1) is 11.5. The molecule has 15 heavy (non-hydrogen) atoms. The van der Waals surface area contributed by atoms with Crippen molar-refractivity contribution in [3.63, 3.8) is 0 Å². The van der Waals surface area contributed by atoms with E-state index in [1.165, 1.54) is 19.1 Å². The van der Waals surface area contributed by atoms with Gasteiger partial charge in [-0.05, 0) is 30.1 Å². The lowest BCUT2D eigenvalue weighted by Gasteiger charge is -2.11. The summed E-state index contributed by atoms with van der Waals surface area (Å²) in [5, 5.41) is 29.8. The predicted octanol–water partition coefficient (Wildman–Crippen LogP) is -0.585. The Kier molecular flexibility index (Phi) is 3.33. The van der Waals surface area contributed by atoms with Crippen molar-refractivity contribution >= 4 is 24.2 Å². The van der Waals surface area contributed by atoms with Gasteiger partial charge in [0.05, 0.1) is 5.56 Å². The number of rotatable bonds is 3. The average molecular weight is 209 g/mol. The molecule has 0 aliphatic heterocycles. The van der Waals surface area contributed by atoms with Crippen LogP contribution in [0, 0.1) is 6.92 Å². The number of aromatic carboxylic acids is 1. The molecule has 0 saturated carbocycles. The quantitative estimate of drug-likeness (QED) is 0.500. The van der Waals surface area contributed by atoms with Crippen LogP contribution in [0.4, 0.5) is 5.69 Å². The first-order valence-electron chi connectivity index (χ1n) is 4.39. The first-order chi connectivity index (χ1) is 6.97. The van der Waals surface area contributed by atoms with Gasteiger partial charge in [-0.25, -0.2) is 4.79 Å². The molecule has 0 unspecified atom stereocenters. The van der Waals surface area contributed by atoms with E-state index >= 15 is 0 Å². The van der Waals surface area contributed by atoms with E-state index in [4.69, 9.17) is 15.2 Å². The smallest absolute Gasteiger partial charge is 0.478 e. The number of carbonyl (C=O) groups is 1. The highest BCUT2D eigenvalue weighted by molar-refractivity contribution is 6.59. The van der Waals surface area contributed by atoms with Gasteiger partial charge in [0.15, 0.2) is 0 Å². The minimum Gasteiger partial charge on any atom is -0.478 e. The summed E-state index contributed by atoms with van der Waals surface area (Å²) in [7, 11) is -0.0412. The maximum absolute atomic E-state index is 10.9. The number of carboxylic acids is 1. The van der Waals surface area contributed by atoms with Crippen molar-refractivity contribution in [3.05, 3.63) is 23.3 Å². The highest BCUT2D eigenvalue weighted by Crippen LogP contribution is 2.13. The number of nitrogens with one attached hydrogen (secondary N) is 1. The molecule has 0 bridgehead atoms. The monoisotopic (exact) mass is 209 g/mol. The Morgan fingerprint density at radius 2 is 2.00 bits per heavy atom. The third-order valence-electron chi connectivity index (χ3n) is 2.25. The first-order valence-corrected chi connectivity index (χ1v) is 4.39. The zero-order valence-electron chi connectivity index (χ0n) is 8.48. The van der Waals surface area contributed by atoms with Gasteiger partial charge in [-0.1, -0.05) is 0 Å². The van der Waals surface area contributed by atoms with Gasteiger partial charge in [-0.15, -0.1) is 0 Å². The van der Waals surface area contributed by atoms with Crippen molar-refractivity contribution in [1.82, 2.24) is 0 Å². The lowest BCUT2D eigenvalue weighted by atomic mass is 9.75. The SMILES string of the molecule is CNc1cc(B(O)O)c(C)c(C(=O)O)c1. The fourth-order valence-corrected chi connectivity index (χ4v) is 1.37. The van der Waals surface area contributed by atoms with Crippen molar-refractivity contribution in [2.75, 3.05) is 12.4 Å². The predicted molar refractivity (Wildman–Crippen MR) is 57.5 cm³/mol. The van der Waals surface area contributed by atoms with Crippen molar-refractivity contribution in [1.29, 1.82) is 0 Å². The maximum Gasteiger partial charge on any atom is 0.488 e. The average Bonchev–Trinajstić information content (AvgIpc) is 2.17. The van der Waals surface area contributed by atoms with Crippen LogP contribution in [0.25, 0.3) is 0 Å². The molecular weight excluding hydrogens is 197 g/mol. The molecule has 0 heterocycles. The third kappa shape index (κ3) is 2.29. The van der Waals surface area contributed by atoms with Crippen LogP contribution in [0.5, 0.6) is 0 Å². The Labute approximate surface area is 87.5 Å². The molecule has 0 saturated heterocycles. The number of hydrogen-bond donors (Lipinski definition) is 4. The Bertz CT molecular complexity index is 392. The van der Waals surface area contributed by atoms with E-state index in [0.29, 0.717) is 11.3 Å². The minimum absolute atomic E-state index is 0.0601. The molecule has 1 rings (SSSR count). The zero-order valence-corrected chi connectivity index (χ0v) is 8.48. The molecular formula is C9H12BNO4. The van der Waals surface area contributed by atoms with Crippen LogP contribution in [-0.4, -0.2) is 35.3 Å². The molecule has 0 atom stereocenters. The van der Waals surface area contributed by atoms with Gasteiger partial charge in [0.2, 0.25) is 0 Å². The largest absolute Gasteiger partial charge is 0.488 e. The van der Waals surface area contributed by atoms with Crippen LogP contribution < -0.4 is 10.8 Å². The normalized spacial score (nSPS) is 9.87. The van der Waals surface area contributed by atoms with Crippen molar-refractivity contribution in [3.8, 4) is 0 Å². The van der Waals surface area contributed by atoms with Crippen LogP contribution in [0.15, 0.2) is 12.1 Å². The summed E-state index contributed by atoms with van der Waals surface area (Å²) < 4.78 is 0. The van der Waals surface area contributed by atoms with Crippen LogP contribution in [0.1, 0.15) is 15.9 Å². The summed E-state index contributed by atoms with van der Waals surface area (Å²) in [6.07, 6.45) is 0. The van der Waals surface area contributed by atoms with Gasteiger partial charge in [-0.2, -0.15) is 0 Å². The summed E-state index contributed by atoms with van der Waals surface area (Å²) in [4.78, 5) is 10.9. The molecule has 1 aromatic rings. The number of benzene rings is 1. The van der Waals surface area contributed by atoms with Crippen LogP contribution in [0.2, 0.25) is 0 Å². The van der Waals surface area contributed by atoms with Crippen LogP contribution in [-0.2, 0) is 0 Å². The third-order valence-corrected chi connectivity index (χ3v) is 2.25. The molecule has 80 valence electrons. The Morgan fingerprint density at radius 3 is 2.40 bits per heavy atom. The van der Waals surface area contributed by atoms with E-state index in [-0.39, 0.29) is 11.0 Å². The highest BCUT2D eigenvalue weighted by atomic mass is 16.4. The van der Waals surface area contributed by atoms with Gasteiger partial charge < -0.3 is 20.5 Å². The highest BCUT2D eigenvalue weighted by Gasteiger charge is 2.20. The second-order valence-electron chi connectivity index (χ2n) is 3.17. The van der Waals surface area contributed by atoms with Crippen molar-refractivity contribution in [2.24, 2.45) is 0 Å². The Balaban J connectivity index is 3.40. The van der Waals surface area contributed by atoms with Gasteiger partial charge in [0.1, 0.15) is 0 Å². The zero-order chi connectivity index (χ0) is 11.6. The summed E-state index contributed by atoms with van der Waals surface area (Å²) in [6, 6.07) is 2.95. The molecule has 0 aliphatic carbocycles. The molecule has 0 fully saturated rings. The van der Waals surface area contributed by atoms with Gasteiger partial charge in [0.25, 0.3) is 0 Å². The Hall–Kier alpha value is -1.53. The molecule has 0 aliphatic rings. The summed E-state index contributed by atoms with van der Waals surface area (Å²) >= 11 is 0. The minimum atomic E-state index is -1.67. The lowest BCUT2D eigenvalue weighted by Crippen LogP contribution is -2.33. The molecule has 0 radical (unpaired) electrons. The second-order valence-corrected chi connectivity index (χ2v) is 3.17. The number of carboxylic acid groups (broad SMARTS) is 1. The molecule has 4 N–H and O–H groups in total.